The molecule has 0 atom stereocenters. The highest BCUT2D eigenvalue weighted by molar-refractivity contribution is 7.14. The van der Waals surface area contributed by atoms with Gasteiger partial charge in [-0.15, -0.1) is 10.2 Å². The summed E-state index contributed by atoms with van der Waals surface area (Å²) < 4.78 is 0. The smallest absolute Gasteiger partial charge is 0.147 e. The molecule has 1 aromatic heterocycles. The van der Waals surface area contributed by atoms with Gasteiger partial charge in [-0.3, -0.25) is 0 Å². The van der Waals surface area contributed by atoms with Gasteiger partial charge in [0.15, 0.2) is 0 Å². The molecule has 1 N–H and O–H groups in total. The molecule has 6 heteroatoms. The van der Waals surface area contributed by atoms with Crippen LogP contribution in [0.25, 0.3) is 10.6 Å². The Hall–Kier alpha value is -0.680. The van der Waals surface area contributed by atoms with Crippen LogP contribution in [-0.4, -0.2) is 23.3 Å². The van der Waals surface area contributed by atoms with E-state index in [1.54, 1.807) is 17.4 Å². The van der Waals surface area contributed by atoms with Crippen LogP contribution in [0.15, 0.2) is 18.2 Å². The van der Waals surface area contributed by atoms with Gasteiger partial charge in [-0.05, 0) is 25.1 Å². The summed E-state index contributed by atoms with van der Waals surface area (Å²) in [5, 5.41) is 14.7. The van der Waals surface area contributed by atoms with Gasteiger partial charge in [-0.1, -0.05) is 47.5 Å². The first-order valence-corrected chi connectivity index (χ1v) is 7.76. The van der Waals surface area contributed by atoms with Crippen molar-refractivity contribution in [3.8, 4) is 10.6 Å². The molecule has 0 spiro atoms. The molecule has 0 amide bonds. The standard InChI is InChI=1S/C13H15Cl2N3S/c1-2-6-16-7-5-12-17-18-13(19-12)9-3-4-10(14)11(15)8-9/h3-4,8,16H,2,5-7H2,1H3. The third-order valence-electron chi connectivity index (χ3n) is 2.58. The first kappa shape index (κ1) is 14.7. The van der Waals surface area contributed by atoms with E-state index in [0.29, 0.717) is 10.0 Å². The van der Waals surface area contributed by atoms with Crippen molar-refractivity contribution < 1.29 is 0 Å². The van der Waals surface area contributed by atoms with E-state index < -0.39 is 0 Å². The van der Waals surface area contributed by atoms with Crippen LogP contribution in [0.5, 0.6) is 0 Å². The van der Waals surface area contributed by atoms with Gasteiger partial charge in [-0.2, -0.15) is 0 Å². The largest absolute Gasteiger partial charge is 0.316 e. The van der Waals surface area contributed by atoms with Gasteiger partial charge in [0, 0.05) is 18.5 Å². The molecule has 3 nitrogen and oxygen atoms in total. The Bertz CT molecular complexity index is 542. The highest BCUT2D eigenvalue weighted by atomic mass is 35.5. The highest BCUT2D eigenvalue weighted by Crippen LogP contribution is 2.30. The zero-order chi connectivity index (χ0) is 13.7. The summed E-state index contributed by atoms with van der Waals surface area (Å²) in [6.07, 6.45) is 2.05. The number of rotatable bonds is 6. The van der Waals surface area contributed by atoms with E-state index in [4.69, 9.17) is 23.2 Å². The summed E-state index contributed by atoms with van der Waals surface area (Å²) in [5.74, 6) is 0. The number of hydrogen-bond donors (Lipinski definition) is 1. The summed E-state index contributed by atoms with van der Waals surface area (Å²) in [7, 11) is 0. The molecule has 1 heterocycles. The molecule has 0 bridgehead atoms. The molecule has 0 aliphatic heterocycles. The van der Waals surface area contributed by atoms with Gasteiger partial charge in [-0.25, -0.2) is 0 Å². The van der Waals surface area contributed by atoms with E-state index >= 15 is 0 Å². The van der Waals surface area contributed by atoms with E-state index in [1.807, 2.05) is 12.1 Å². The van der Waals surface area contributed by atoms with Crippen molar-refractivity contribution in [2.75, 3.05) is 13.1 Å². The number of nitrogens with zero attached hydrogens (tertiary/aromatic N) is 2. The van der Waals surface area contributed by atoms with E-state index in [2.05, 4.69) is 22.4 Å². The minimum atomic E-state index is 0.542. The van der Waals surface area contributed by atoms with E-state index in [9.17, 15) is 0 Å². The van der Waals surface area contributed by atoms with Gasteiger partial charge in [0.25, 0.3) is 0 Å². The molecule has 19 heavy (non-hydrogen) atoms. The van der Waals surface area contributed by atoms with Crippen LogP contribution in [0.1, 0.15) is 18.4 Å². The molecule has 0 radical (unpaired) electrons. The molecule has 2 aromatic rings. The fourth-order valence-corrected chi connectivity index (χ4v) is 2.73. The quantitative estimate of drug-likeness (QED) is 0.817. The summed E-state index contributed by atoms with van der Waals surface area (Å²) >= 11 is 13.5. The number of hydrogen-bond acceptors (Lipinski definition) is 4. The Labute approximate surface area is 127 Å². The average Bonchev–Trinajstić information content (AvgIpc) is 2.87. The molecular formula is C13H15Cl2N3S. The molecule has 102 valence electrons. The van der Waals surface area contributed by atoms with Crippen molar-refractivity contribution in [3.63, 3.8) is 0 Å². The lowest BCUT2D eigenvalue weighted by atomic mass is 10.2. The molecular weight excluding hydrogens is 301 g/mol. The number of halogens is 2. The fraction of sp³-hybridized carbons (Fsp3) is 0.385. The van der Waals surface area contributed by atoms with Crippen molar-refractivity contribution in [2.24, 2.45) is 0 Å². The van der Waals surface area contributed by atoms with Crippen molar-refractivity contribution >= 4 is 34.5 Å². The van der Waals surface area contributed by atoms with Crippen LogP contribution in [0, 0.1) is 0 Å². The number of aromatic nitrogens is 2. The van der Waals surface area contributed by atoms with Crippen LogP contribution in [0.4, 0.5) is 0 Å². The van der Waals surface area contributed by atoms with Crippen molar-refractivity contribution in [1.82, 2.24) is 15.5 Å². The number of nitrogens with one attached hydrogen (secondary N) is 1. The van der Waals surface area contributed by atoms with Gasteiger partial charge < -0.3 is 5.32 Å². The van der Waals surface area contributed by atoms with Crippen molar-refractivity contribution in [1.29, 1.82) is 0 Å². The molecule has 0 aliphatic rings. The van der Waals surface area contributed by atoms with Crippen LogP contribution in [0.3, 0.4) is 0 Å². The van der Waals surface area contributed by atoms with E-state index in [-0.39, 0.29) is 0 Å². The van der Waals surface area contributed by atoms with Gasteiger partial charge in [0.2, 0.25) is 0 Å². The summed E-state index contributed by atoms with van der Waals surface area (Å²) in [6.45, 7) is 4.13. The van der Waals surface area contributed by atoms with Crippen LogP contribution in [-0.2, 0) is 6.42 Å². The topological polar surface area (TPSA) is 37.8 Å². The number of benzene rings is 1. The van der Waals surface area contributed by atoms with Crippen molar-refractivity contribution in [3.05, 3.63) is 33.3 Å². The minimum Gasteiger partial charge on any atom is -0.316 e. The highest BCUT2D eigenvalue weighted by Gasteiger charge is 2.08. The van der Waals surface area contributed by atoms with Crippen LogP contribution < -0.4 is 5.32 Å². The maximum absolute atomic E-state index is 6.00. The molecule has 0 fully saturated rings. The van der Waals surface area contributed by atoms with Crippen LogP contribution >= 0.6 is 34.5 Å². The summed E-state index contributed by atoms with van der Waals surface area (Å²) in [4.78, 5) is 0. The lowest BCUT2D eigenvalue weighted by Gasteiger charge is -1.99. The molecule has 0 saturated heterocycles. The molecule has 0 aliphatic carbocycles. The Morgan fingerprint density at radius 3 is 2.74 bits per heavy atom. The Morgan fingerprint density at radius 1 is 1.16 bits per heavy atom. The summed E-state index contributed by atoms with van der Waals surface area (Å²) in [5.41, 5.74) is 0.958. The zero-order valence-electron chi connectivity index (χ0n) is 10.6. The average molecular weight is 316 g/mol. The summed E-state index contributed by atoms with van der Waals surface area (Å²) in [6, 6.07) is 5.51. The first-order valence-electron chi connectivity index (χ1n) is 6.19. The molecule has 0 unspecified atom stereocenters. The first-order chi connectivity index (χ1) is 9.20. The normalized spacial score (nSPS) is 10.9. The fourth-order valence-electron chi connectivity index (χ4n) is 1.60. The van der Waals surface area contributed by atoms with Gasteiger partial charge >= 0.3 is 0 Å². The lowest BCUT2D eigenvalue weighted by Crippen LogP contribution is -2.17. The molecule has 0 saturated carbocycles. The maximum Gasteiger partial charge on any atom is 0.147 e. The SMILES string of the molecule is CCCNCCc1nnc(-c2ccc(Cl)c(Cl)c2)s1. The maximum atomic E-state index is 6.00. The second-order valence-corrected chi connectivity index (χ2v) is 6.01. The monoisotopic (exact) mass is 315 g/mol. The van der Waals surface area contributed by atoms with E-state index in [1.165, 1.54) is 0 Å². The predicted molar refractivity (Wildman–Crippen MR) is 82.2 cm³/mol. The second-order valence-electron chi connectivity index (χ2n) is 4.13. The second kappa shape index (κ2) is 7.20. The minimum absolute atomic E-state index is 0.542. The molecule has 2 rings (SSSR count). The third kappa shape index (κ3) is 4.14. The zero-order valence-corrected chi connectivity index (χ0v) is 12.9. The van der Waals surface area contributed by atoms with Gasteiger partial charge in [0.1, 0.15) is 10.0 Å². The van der Waals surface area contributed by atoms with Crippen LogP contribution in [0.2, 0.25) is 10.0 Å². The third-order valence-corrected chi connectivity index (χ3v) is 4.35. The lowest BCUT2D eigenvalue weighted by molar-refractivity contribution is 0.668. The Kier molecular flexibility index (Phi) is 5.58. The molecule has 1 aromatic carbocycles. The Morgan fingerprint density at radius 2 is 2.00 bits per heavy atom. The van der Waals surface area contributed by atoms with Gasteiger partial charge in [0.05, 0.1) is 10.0 Å². The Balaban J connectivity index is 2.01. The predicted octanol–water partition coefficient (Wildman–Crippen LogP) is 4.05. The van der Waals surface area contributed by atoms with Crippen molar-refractivity contribution in [2.45, 2.75) is 19.8 Å². The van der Waals surface area contributed by atoms with E-state index in [0.717, 1.165) is 41.5 Å².